The van der Waals surface area contributed by atoms with Gasteiger partial charge in [-0.3, -0.25) is 0 Å². The average Bonchev–Trinajstić information content (AvgIpc) is 3.22. The van der Waals surface area contributed by atoms with Crippen LogP contribution in [0.4, 0.5) is 0 Å². The van der Waals surface area contributed by atoms with Crippen molar-refractivity contribution in [3.63, 3.8) is 0 Å². The van der Waals surface area contributed by atoms with Gasteiger partial charge in [0.2, 0.25) is 0 Å². The minimum atomic E-state index is 0.522. The summed E-state index contributed by atoms with van der Waals surface area (Å²) < 4.78 is 0. The van der Waals surface area contributed by atoms with Crippen LogP contribution in [0.1, 0.15) is 64.0 Å². The highest BCUT2D eigenvalue weighted by Crippen LogP contribution is 2.41. The van der Waals surface area contributed by atoms with E-state index < -0.39 is 0 Å². The van der Waals surface area contributed by atoms with E-state index in [0.29, 0.717) is 12.1 Å². The van der Waals surface area contributed by atoms with Gasteiger partial charge in [0.15, 0.2) is 0 Å². The van der Waals surface area contributed by atoms with Crippen molar-refractivity contribution in [1.29, 1.82) is 0 Å². The molecule has 2 unspecified atom stereocenters. The van der Waals surface area contributed by atoms with E-state index in [1.54, 1.807) is 0 Å². The van der Waals surface area contributed by atoms with Crippen molar-refractivity contribution in [3.05, 3.63) is 34.9 Å². The molecule has 1 N–H and O–H groups in total. The Bertz CT molecular complexity index is 369. The predicted molar refractivity (Wildman–Crippen MR) is 83.7 cm³/mol. The van der Waals surface area contributed by atoms with Crippen LogP contribution in [0, 0.1) is 5.92 Å². The molecule has 1 aliphatic carbocycles. The molecule has 1 aromatic carbocycles. The van der Waals surface area contributed by atoms with E-state index in [1.165, 1.54) is 44.1 Å². The van der Waals surface area contributed by atoms with Crippen molar-refractivity contribution in [2.75, 3.05) is 0 Å². The maximum Gasteiger partial charge on any atom is 0.0406 e. The van der Waals surface area contributed by atoms with Crippen LogP contribution in [0.25, 0.3) is 0 Å². The lowest BCUT2D eigenvalue weighted by Gasteiger charge is -2.24. The Morgan fingerprint density at radius 1 is 1.21 bits per heavy atom. The molecule has 19 heavy (non-hydrogen) atoms. The van der Waals surface area contributed by atoms with Crippen LogP contribution in [0.2, 0.25) is 5.02 Å². The summed E-state index contributed by atoms with van der Waals surface area (Å²) in [6.07, 6.45) is 7.99. The molecule has 1 aliphatic rings. The lowest BCUT2D eigenvalue weighted by molar-refractivity contribution is 0.394. The molecule has 1 fully saturated rings. The smallest absolute Gasteiger partial charge is 0.0406 e. The van der Waals surface area contributed by atoms with Gasteiger partial charge in [-0.15, -0.1) is 0 Å². The third-order valence-corrected chi connectivity index (χ3v) is 4.28. The van der Waals surface area contributed by atoms with Gasteiger partial charge < -0.3 is 5.32 Å². The van der Waals surface area contributed by atoms with E-state index in [9.17, 15) is 0 Å². The number of unbranched alkanes of at least 4 members (excludes halogenated alkanes) is 2. The van der Waals surface area contributed by atoms with Crippen LogP contribution in [-0.4, -0.2) is 6.04 Å². The molecule has 0 spiro atoms. The van der Waals surface area contributed by atoms with Crippen LogP contribution in [0.15, 0.2) is 24.3 Å². The first kappa shape index (κ1) is 14.9. The van der Waals surface area contributed by atoms with Crippen molar-refractivity contribution in [1.82, 2.24) is 5.32 Å². The average molecular weight is 280 g/mol. The zero-order valence-electron chi connectivity index (χ0n) is 12.2. The molecule has 0 saturated heterocycles. The molecule has 0 aromatic heterocycles. The SMILES string of the molecule is CCCCCC(C)NC(c1ccc(Cl)cc1)C1CC1. The molecule has 0 bridgehead atoms. The monoisotopic (exact) mass is 279 g/mol. The lowest BCUT2D eigenvalue weighted by Crippen LogP contribution is -2.31. The van der Waals surface area contributed by atoms with Crippen LogP contribution in [-0.2, 0) is 0 Å². The minimum Gasteiger partial charge on any atom is -0.307 e. The zero-order chi connectivity index (χ0) is 13.7. The fourth-order valence-electron chi connectivity index (χ4n) is 2.69. The van der Waals surface area contributed by atoms with Crippen molar-refractivity contribution in [3.8, 4) is 0 Å². The van der Waals surface area contributed by atoms with Gasteiger partial charge in [-0.2, -0.15) is 0 Å². The third kappa shape index (κ3) is 4.81. The van der Waals surface area contributed by atoms with Crippen LogP contribution in [0.3, 0.4) is 0 Å². The van der Waals surface area contributed by atoms with Gasteiger partial charge in [0.05, 0.1) is 0 Å². The Labute approximate surface area is 122 Å². The first-order valence-electron chi connectivity index (χ1n) is 7.72. The number of halogens is 1. The molecule has 2 atom stereocenters. The zero-order valence-corrected chi connectivity index (χ0v) is 12.9. The summed E-state index contributed by atoms with van der Waals surface area (Å²) in [4.78, 5) is 0. The van der Waals surface area contributed by atoms with Gasteiger partial charge in [-0.25, -0.2) is 0 Å². The van der Waals surface area contributed by atoms with Crippen molar-refractivity contribution >= 4 is 11.6 Å². The van der Waals surface area contributed by atoms with Gasteiger partial charge in [0.1, 0.15) is 0 Å². The summed E-state index contributed by atoms with van der Waals surface area (Å²) in [6.45, 7) is 4.58. The van der Waals surface area contributed by atoms with Crippen molar-refractivity contribution in [2.45, 2.75) is 64.5 Å². The van der Waals surface area contributed by atoms with Crippen LogP contribution < -0.4 is 5.32 Å². The van der Waals surface area contributed by atoms with E-state index in [4.69, 9.17) is 11.6 Å². The fourth-order valence-corrected chi connectivity index (χ4v) is 2.82. The number of benzene rings is 1. The topological polar surface area (TPSA) is 12.0 Å². The van der Waals surface area contributed by atoms with Crippen LogP contribution >= 0.6 is 11.6 Å². The van der Waals surface area contributed by atoms with E-state index in [1.807, 2.05) is 12.1 Å². The summed E-state index contributed by atoms with van der Waals surface area (Å²) in [7, 11) is 0. The highest BCUT2D eigenvalue weighted by Gasteiger charge is 2.32. The molecule has 0 aliphatic heterocycles. The Kier molecular flexibility index (Phi) is 5.72. The maximum absolute atomic E-state index is 5.98. The number of rotatable bonds is 8. The fraction of sp³-hybridized carbons (Fsp3) is 0.647. The Balaban J connectivity index is 1.91. The van der Waals surface area contributed by atoms with Crippen molar-refractivity contribution < 1.29 is 0 Å². The minimum absolute atomic E-state index is 0.522. The predicted octanol–water partition coefficient (Wildman–Crippen LogP) is 5.35. The maximum atomic E-state index is 5.98. The van der Waals surface area contributed by atoms with Gasteiger partial charge in [0.25, 0.3) is 0 Å². The molecule has 1 aromatic rings. The second kappa shape index (κ2) is 7.31. The molecule has 2 rings (SSSR count). The summed E-state index contributed by atoms with van der Waals surface area (Å²) in [5.74, 6) is 0.829. The second-order valence-corrected chi connectivity index (χ2v) is 6.37. The molecule has 0 amide bonds. The summed E-state index contributed by atoms with van der Waals surface area (Å²) in [5, 5.41) is 4.66. The van der Waals surface area contributed by atoms with Gasteiger partial charge in [-0.05, 0) is 49.8 Å². The second-order valence-electron chi connectivity index (χ2n) is 5.93. The molecular weight excluding hydrogens is 254 g/mol. The largest absolute Gasteiger partial charge is 0.307 e. The Morgan fingerprint density at radius 2 is 1.89 bits per heavy atom. The van der Waals surface area contributed by atoms with Crippen molar-refractivity contribution in [2.24, 2.45) is 5.92 Å². The number of nitrogens with one attached hydrogen (secondary N) is 1. The first-order valence-corrected chi connectivity index (χ1v) is 8.10. The van der Waals surface area contributed by atoms with E-state index in [0.717, 1.165) is 10.9 Å². The molecule has 2 heteroatoms. The molecular formula is C17H26ClN. The third-order valence-electron chi connectivity index (χ3n) is 4.03. The Hall–Kier alpha value is -0.530. The van der Waals surface area contributed by atoms with Gasteiger partial charge >= 0.3 is 0 Å². The summed E-state index contributed by atoms with van der Waals surface area (Å²) in [6, 6.07) is 9.50. The van der Waals surface area contributed by atoms with Gasteiger partial charge in [-0.1, -0.05) is 49.9 Å². The highest BCUT2D eigenvalue weighted by molar-refractivity contribution is 6.30. The quantitative estimate of drug-likeness (QED) is 0.633. The molecule has 1 nitrogen and oxygen atoms in total. The van der Waals surface area contributed by atoms with E-state index in [2.05, 4.69) is 31.3 Å². The standard InChI is InChI=1S/C17H26ClN/c1-3-4-5-6-13(2)19-17(14-7-8-14)15-9-11-16(18)12-10-15/h9-14,17,19H,3-8H2,1-2H3. The molecule has 106 valence electrons. The number of hydrogen-bond donors (Lipinski definition) is 1. The molecule has 0 heterocycles. The first-order chi connectivity index (χ1) is 9.20. The lowest BCUT2D eigenvalue weighted by atomic mass is 10.00. The number of hydrogen-bond acceptors (Lipinski definition) is 1. The summed E-state index contributed by atoms with van der Waals surface area (Å²) in [5.41, 5.74) is 1.40. The van der Waals surface area contributed by atoms with Crippen LogP contribution in [0.5, 0.6) is 0 Å². The normalized spacial score (nSPS) is 18.3. The van der Waals surface area contributed by atoms with E-state index >= 15 is 0 Å². The highest BCUT2D eigenvalue weighted by atomic mass is 35.5. The molecule has 1 saturated carbocycles. The Morgan fingerprint density at radius 3 is 2.47 bits per heavy atom. The molecule has 0 radical (unpaired) electrons. The van der Waals surface area contributed by atoms with Gasteiger partial charge in [0, 0.05) is 17.1 Å². The van der Waals surface area contributed by atoms with E-state index in [-0.39, 0.29) is 0 Å². The summed E-state index contributed by atoms with van der Waals surface area (Å²) >= 11 is 5.98.